The molecule has 100 valence electrons. The summed E-state index contributed by atoms with van der Waals surface area (Å²) < 4.78 is 19.3. The molecular formula is C15H22FNO. The standard InChI is InChI=1S/C15H22FNO/c1-10-5-3-4-6-14(10)18-15-8-7-12(16)9-13(15)11(2)17/h7-11,14H,3-6,17H2,1-2H3. The van der Waals surface area contributed by atoms with Crippen LogP contribution in [0.3, 0.4) is 0 Å². The monoisotopic (exact) mass is 251 g/mol. The lowest BCUT2D eigenvalue weighted by molar-refractivity contribution is 0.101. The highest BCUT2D eigenvalue weighted by atomic mass is 19.1. The van der Waals surface area contributed by atoms with E-state index in [1.54, 1.807) is 6.07 Å². The molecule has 2 N–H and O–H groups in total. The topological polar surface area (TPSA) is 35.2 Å². The fraction of sp³-hybridized carbons (Fsp3) is 0.600. The smallest absolute Gasteiger partial charge is 0.124 e. The maximum atomic E-state index is 13.3. The zero-order valence-corrected chi connectivity index (χ0v) is 11.2. The molecule has 3 unspecified atom stereocenters. The molecule has 0 aromatic heterocycles. The van der Waals surface area contributed by atoms with Crippen LogP contribution in [0.2, 0.25) is 0 Å². The van der Waals surface area contributed by atoms with Gasteiger partial charge in [0.1, 0.15) is 17.7 Å². The summed E-state index contributed by atoms with van der Waals surface area (Å²) in [7, 11) is 0. The summed E-state index contributed by atoms with van der Waals surface area (Å²) in [6.45, 7) is 4.07. The lowest BCUT2D eigenvalue weighted by Crippen LogP contribution is -2.29. The summed E-state index contributed by atoms with van der Waals surface area (Å²) in [6.07, 6.45) is 5.02. The predicted octanol–water partition coefficient (Wildman–Crippen LogP) is 3.80. The van der Waals surface area contributed by atoms with Gasteiger partial charge < -0.3 is 10.5 Å². The van der Waals surface area contributed by atoms with E-state index in [0.717, 1.165) is 17.7 Å². The van der Waals surface area contributed by atoms with Crippen LogP contribution in [0.4, 0.5) is 4.39 Å². The van der Waals surface area contributed by atoms with Crippen LogP contribution in [0.1, 0.15) is 51.1 Å². The number of hydrogen-bond acceptors (Lipinski definition) is 2. The molecule has 0 spiro atoms. The van der Waals surface area contributed by atoms with Gasteiger partial charge in [0.15, 0.2) is 0 Å². The Morgan fingerprint density at radius 1 is 1.33 bits per heavy atom. The van der Waals surface area contributed by atoms with E-state index in [1.165, 1.54) is 31.4 Å². The molecule has 1 aliphatic carbocycles. The highest BCUT2D eigenvalue weighted by molar-refractivity contribution is 5.36. The van der Waals surface area contributed by atoms with Crippen LogP contribution < -0.4 is 10.5 Å². The molecule has 0 radical (unpaired) electrons. The summed E-state index contributed by atoms with van der Waals surface area (Å²) in [4.78, 5) is 0. The van der Waals surface area contributed by atoms with Gasteiger partial charge in [0.2, 0.25) is 0 Å². The van der Waals surface area contributed by atoms with Gasteiger partial charge in [-0.1, -0.05) is 13.3 Å². The van der Waals surface area contributed by atoms with E-state index >= 15 is 0 Å². The molecule has 0 saturated heterocycles. The van der Waals surface area contributed by atoms with Crippen molar-refractivity contribution in [1.29, 1.82) is 0 Å². The fourth-order valence-electron chi connectivity index (χ4n) is 2.60. The van der Waals surface area contributed by atoms with E-state index in [0.29, 0.717) is 5.92 Å². The minimum atomic E-state index is -0.258. The van der Waals surface area contributed by atoms with E-state index < -0.39 is 0 Å². The molecule has 1 aliphatic rings. The number of halogens is 1. The lowest BCUT2D eigenvalue weighted by Gasteiger charge is -2.30. The summed E-state index contributed by atoms with van der Waals surface area (Å²) in [5.74, 6) is 1.04. The van der Waals surface area contributed by atoms with Crippen LogP contribution in [0.5, 0.6) is 5.75 Å². The summed E-state index contributed by atoms with van der Waals surface area (Å²) in [5, 5.41) is 0. The maximum absolute atomic E-state index is 13.3. The van der Waals surface area contributed by atoms with Gasteiger partial charge in [0, 0.05) is 11.6 Å². The quantitative estimate of drug-likeness (QED) is 0.886. The second kappa shape index (κ2) is 5.70. The Morgan fingerprint density at radius 3 is 2.72 bits per heavy atom. The second-order valence-corrected chi connectivity index (χ2v) is 5.39. The van der Waals surface area contributed by atoms with Crippen molar-refractivity contribution in [2.45, 2.75) is 51.7 Å². The third-order valence-corrected chi connectivity index (χ3v) is 3.77. The molecule has 1 saturated carbocycles. The number of benzene rings is 1. The minimum absolute atomic E-state index is 0.213. The summed E-state index contributed by atoms with van der Waals surface area (Å²) in [5.41, 5.74) is 6.63. The van der Waals surface area contributed by atoms with Gasteiger partial charge in [-0.15, -0.1) is 0 Å². The van der Waals surface area contributed by atoms with Crippen LogP contribution in [0.15, 0.2) is 18.2 Å². The molecule has 1 aromatic carbocycles. The Hall–Kier alpha value is -1.09. The van der Waals surface area contributed by atoms with Gasteiger partial charge in [-0.25, -0.2) is 4.39 Å². The molecule has 1 aromatic rings. The van der Waals surface area contributed by atoms with Crippen molar-refractivity contribution in [3.8, 4) is 5.75 Å². The first kappa shape index (κ1) is 13.3. The van der Waals surface area contributed by atoms with Crippen LogP contribution in [0, 0.1) is 11.7 Å². The maximum Gasteiger partial charge on any atom is 0.124 e. The molecule has 2 rings (SSSR count). The molecule has 3 heteroatoms. The van der Waals surface area contributed by atoms with E-state index in [2.05, 4.69) is 6.92 Å². The average molecular weight is 251 g/mol. The highest BCUT2D eigenvalue weighted by Gasteiger charge is 2.24. The average Bonchev–Trinajstić information content (AvgIpc) is 2.34. The predicted molar refractivity (Wildman–Crippen MR) is 71.1 cm³/mol. The Kier molecular flexibility index (Phi) is 4.23. The molecular weight excluding hydrogens is 229 g/mol. The van der Waals surface area contributed by atoms with E-state index in [4.69, 9.17) is 10.5 Å². The third kappa shape index (κ3) is 3.02. The summed E-state index contributed by atoms with van der Waals surface area (Å²) in [6, 6.07) is 4.41. The largest absolute Gasteiger partial charge is 0.490 e. The molecule has 0 bridgehead atoms. The zero-order valence-electron chi connectivity index (χ0n) is 11.2. The normalized spacial score (nSPS) is 25.8. The first-order chi connectivity index (χ1) is 8.58. The van der Waals surface area contributed by atoms with Gasteiger partial charge in [0.25, 0.3) is 0 Å². The van der Waals surface area contributed by atoms with Crippen molar-refractivity contribution < 1.29 is 9.13 Å². The Morgan fingerprint density at radius 2 is 2.06 bits per heavy atom. The Labute approximate surface area is 108 Å². The van der Waals surface area contributed by atoms with Crippen molar-refractivity contribution in [3.05, 3.63) is 29.6 Å². The Bertz CT molecular complexity index is 405. The number of nitrogens with two attached hydrogens (primary N) is 1. The van der Waals surface area contributed by atoms with Crippen LogP contribution in [0.25, 0.3) is 0 Å². The van der Waals surface area contributed by atoms with Crippen molar-refractivity contribution in [2.75, 3.05) is 0 Å². The summed E-state index contributed by atoms with van der Waals surface area (Å²) >= 11 is 0. The number of hydrogen-bond donors (Lipinski definition) is 1. The molecule has 0 heterocycles. The SMILES string of the molecule is CC(N)c1cc(F)ccc1OC1CCCCC1C. The van der Waals surface area contributed by atoms with E-state index in [-0.39, 0.29) is 18.0 Å². The van der Waals surface area contributed by atoms with Crippen LogP contribution >= 0.6 is 0 Å². The Balaban J connectivity index is 2.17. The number of rotatable bonds is 3. The molecule has 1 fully saturated rings. The molecule has 3 atom stereocenters. The van der Waals surface area contributed by atoms with Crippen molar-refractivity contribution >= 4 is 0 Å². The molecule has 2 nitrogen and oxygen atoms in total. The van der Waals surface area contributed by atoms with Gasteiger partial charge in [-0.3, -0.25) is 0 Å². The van der Waals surface area contributed by atoms with Gasteiger partial charge in [-0.05, 0) is 50.3 Å². The van der Waals surface area contributed by atoms with Gasteiger partial charge >= 0.3 is 0 Å². The van der Waals surface area contributed by atoms with E-state index in [9.17, 15) is 4.39 Å². The second-order valence-electron chi connectivity index (χ2n) is 5.39. The van der Waals surface area contributed by atoms with Crippen molar-refractivity contribution in [3.63, 3.8) is 0 Å². The number of ether oxygens (including phenoxy) is 1. The highest BCUT2D eigenvalue weighted by Crippen LogP contribution is 2.31. The van der Waals surface area contributed by atoms with Crippen LogP contribution in [-0.4, -0.2) is 6.10 Å². The van der Waals surface area contributed by atoms with Crippen molar-refractivity contribution in [2.24, 2.45) is 11.7 Å². The lowest BCUT2D eigenvalue weighted by atomic mass is 9.88. The third-order valence-electron chi connectivity index (χ3n) is 3.77. The fourth-order valence-corrected chi connectivity index (χ4v) is 2.60. The molecule has 0 aliphatic heterocycles. The minimum Gasteiger partial charge on any atom is -0.490 e. The van der Waals surface area contributed by atoms with E-state index in [1.807, 2.05) is 6.92 Å². The zero-order chi connectivity index (χ0) is 13.1. The molecule has 18 heavy (non-hydrogen) atoms. The van der Waals surface area contributed by atoms with Crippen molar-refractivity contribution in [1.82, 2.24) is 0 Å². The molecule has 0 amide bonds. The van der Waals surface area contributed by atoms with Gasteiger partial charge in [0.05, 0.1) is 0 Å². The van der Waals surface area contributed by atoms with Gasteiger partial charge in [-0.2, -0.15) is 0 Å². The first-order valence-corrected chi connectivity index (χ1v) is 6.79. The first-order valence-electron chi connectivity index (χ1n) is 6.79. The van der Waals surface area contributed by atoms with Crippen LogP contribution in [-0.2, 0) is 0 Å².